The summed E-state index contributed by atoms with van der Waals surface area (Å²) in [6, 6.07) is 24.0. The van der Waals surface area contributed by atoms with Crippen LogP contribution in [0.5, 0.6) is 0 Å². The minimum Gasteiger partial charge on any atom is -0.392 e. The van der Waals surface area contributed by atoms with Crippen LogP contribution in [0.1, 0.15) is 79.6 Å². The van der Waals surface area contributed by atoms with Crippen LogP contribution in [0.4, 0.5) is 0 Å². The number of hydroxylamine groups is 1. The number of hydrogen-bond donors (Lipinski definition) is 4. The van der Waals surface area contributed by atoms with E-state index in [-0.39, 0.29) is 37.0 Å². The number of carbonyl (C=O) groups excluding carboxylic acids is 2. The minimum absolute atomic E-state index is 0.0106. The molecule has 0 saturated carbocycles. The lowest BCUT2D eigenvalue weighted by Crippen LogP contribution is -2.31. The number of carbonyl (C=O) groups is 2. The number of unbranched alkanes of at least 4 members (excludes halogenated alkanes) is 3. The molecule has 0 aliphatic carbocycles. The number of tetrazole rings is 1. The number of rotatable bonds is 16. The van der Waals surface area contributed by atoms with Crippen molar-refractivity contribution in [2.45, 2.75) is 81.8 Å². The molecule has 0 bridgehead atoms. The molecule has 1 saturated heterocycles. The van der Waals surface area contributed by atoms with Crippen molar-refractivity contribution in [3.63, 3.8) is 0 Å². The van der Waals surface area contributed by atoms with Gasteiger partial charge in [0.25, 0.3) is 0 Å². The Kier molecular flexibility index (Phi) is 13.1. The molecule has 4 aromatic rings. The highest BCUT2D eigenvalue weighted by molar-refractivity contribution is 7.99. The van der Waals surface area contributed by atoms with E-state index in [4.69, 9.17) is 14.7 Å². The van der Waals surface area contributed by atoms with Crippen molar-refractivity contribution in [1.82, 2.24) is 31.0 Å². The summed E-state index contributed by atoms with van der Waals surface area (Å²) in [5.41, 5.74) is 7.47. The number of aryl methyl sites for hydroxylation is 1. The smallest absolute Gasteiger partial charge is 0.243 e. The average Bonchev–Trinajstić information content (AvgIpc) is 3.55. The van der Waals surface area contributed by atoms with Gasteiger partial charge in [-0.05, 0) is 51.1 Å². The fourth-order valence-electron chi connectivity index (χ4n) is 5.57. The molecule has 3 atom stereocenters. The fraction of sp³-hybridized carbons (Fsp3) is 0.400. The van der Waals surface area contributed by atoms with Crippen molar-refractivity contribution in [3.05, 3.63) is 95.1 Å². The molecule has 1 aliphatic rings. The number of hydrogen-bond acceptors (Lipinski definition) is 10. The lowest BCUT2D eigenvalue weighted by Gasteiger charge is -2.36. The predicted octanol–water partition coefficient (Wildman–Crippen LogP) is 5.17. The summed E-state index contributed by atoms with van der Waals surface area (Å²) >= 11 is 1.54. The summed E-state index contributed by atoms with van der Waals surface area (Å²) in [6.45, 7) is 0.403. The number of nitrogens with zero attached hydrogens (tertiary/aromatic N) is 4. The number of nitrogens with one attached hydrogen (secondary N) is 2. The van der Waals surface area contributed by atoms with Crippen LogP contribution in [-0.2, 0) is 39.3 Å². The quantitative estimate of drug-likeness (QED) is 0.0540. The average molecular weight is 675 g/mol. The maximum absolute atomic E-state index is 12.5. The number of aliphatic hydroxyl groups is 1. The third-order valence-corrected chi connectivity index (χ3v) is 9.41. The standard InChI is InChI=1S/C35H42N6O6S/c1-41-35(37-39-40-41)48-23-29-20-31(26-14-12-24(22-42)13-15-26)47-34(46-29)27-18-16-25(17-19-27)30-9-7-6-8-28(30)21-36-32(43)10-4-2-3-5-11-33(44)38-45/h6-9,12-19,29,31,34,42,45H,2-5,10-11,20-23H2,1H3,(H,36,43)(H,38,44)/t29-,31+,34+/m1/s1. The predicted molar refractivity (Wildman–Crippen MR) is 179 cm³/mol. The van der Waals surface area contributed by atoms with E-state index in [1.165, 1.54) is 11.8 Å². The van der Waals surface area contributed by atoms with E-state index in [0.717, 1.165) is 52.6 Å². The third kappa shape index (κ3) is 9.94. The highest BCUT2D eigenvalue weighted by atomic mass is 32.2. The van der Waals surface area contributed by atoms with Crippen LogP contribution in [-0.4, -0.2) is 54.2 Å². The van der Waals surface area contributed by atoms with Gasteiger partial charge < -0.3 is 19.9 Å². The Morgan fingerprint density at radius 1 is 0.917 bits per heavy atom. The first kappa shape index (κ1) is 35.2. The molecule has 12 nitrogen and oxygen atoms in total. The van der Waals surface area contributed by atoms with Crippen molar-refractivity contribution in [2.75, 3.05) is 5.75 Å². The number of ether oxygens (including phenoxy) is 2. The van der Waals surface area contributed by atoms with Gasteiger partial charge in [0.2, 0.25) is 17.0 Å². The molecule has 48 heavy (non-hydrogen) atoms. The first-order chi connectivity index (χ1) is 23.4. The van der Waals surface area contributed by atoms with Crippen LogP contribution in [0.15, 0.2) is 78.0 Å². The Bertz CT molecular complexity index is 1620. The van der Waals surface area contributed by atoms with Crippen LogP contribution in [0.2, 0.25) is 0 Å². The van der Waals surface area contributed by atoms with Gasteiger partial charge in [0.15, 0.2) is 6.29 Å². The van der Waals surface area contributed by atoms with Crippen LogP contribution in [0, 0.1) is 0 Å². The Balaban J connectivity index is 1.21. The number of benzene rings is 3. The molecule has 4 N–H and O–H groups in total. The minimum atomic E-state index is -0.583. The maximum Gasteiger partial charge on any atom is 0.243 e. The topological polar surface area (TPSA) is 161 Å². The Hall–Kier alpha value is -4.14. The molecule has 5 rings (SSSR count). The molecule has 1 aromatic heterocycles. The maximum atomic E-state index is 12.5. The van der Waals surface area contributed by atoms with Gasteiger partial charge in [0.05, 0.1) is 18.8 Å². The summed E-state index contributed by atoms with van der Waals surface area (Å²) in [7, 11) is 1.81. The SMILES string of the molecule is Cn1nnnc1SC[C@H]1C[C@@H](c2ccc(CO)cc2)O[C@@H](c2ccc(-c3ccccc3CNC(=O)CCCCCCC(=O)NO)cc2)O1. The molecule has 3 aromatic carbocycles. The molecule has 254 valence electrons. The van der Waals surface area contributed by atoms with E-state index in [1.54, 1.807) is 10.2 Å². The fourth-order valence-corrected chi connectivity index (χ4v) is 6.44. The van der Waals surface area contributed by atoms with Crippen LogP contribution >= 0.6 is 11.8 Å². The Morgan fingerprint density at radius 3 is 2.31 bits per heavy atom. The van der Waals surface area contributed by atoms with Gasteiger partial charge in [-0.15, -0.1) is 5.10 Å². The summed E-state index contributed by atoms with van der Waals surface area (Å²) in [5, 5.41) is 33.6. The Morgan fingerprint density at radius 2 is 1.62 bits per heavy atom. The molecule has 0 spiro atoms. The van der Waals surface area contributed by atoms with Crippen LogP contribution in [0.25, 0.3) is 11.1 Å². The molecule has 2 heterocycles. The van der Waals surface area contributed by atoms with Crippen molar-refractivity contribution < 1.29 is 29.4 Å². The van der Waals surface area contributed by atoms with Gasteiger partial charge in [0, 0.05) is 44.2 Å². The van der Waals surface area contributed by atoms with Crippen molar-refractivity contribution in [3.8, 4) is 11.1 Å². The highest BCUT2D eigenvalue weighted by Crippen LogP contribution is 2.39. The lowest BCUT2D eigenvalue weighted by molar-refractivity contribution is -0.245. The van der Waals surface area contributed by atoms with Crippen molar-refractivity contribution in [1.29, 1.82) is 0 Å². The van der Waals surface area contributed by atoms with E-state index in [0.29, 0.717) is 36.7 Å². The number of thioether (sulfide) groups is 1. The summed E-state index contributed by atoms with van der Waals surface area (Å²) < 4.78 is 14.6. The van der Waals surface area contributed by atoms with E-state index in [9.17, 15) is 14.7 Å². The van der Waals surface area contributed by atoms with Gasteiger partial charge in [-0.3, -0.25) is 14.8 Å². The summed E-state index contributed by atoms with van der Waals surface area (Å²) in [5.74, 6) is 0.256. The monoisotopic (exact) mass is 674 g/mol. The van der Waals surface area contributed by atoms with Gasteiger partial charge in [-0.1, -0.05) is 97.4 Å². The third-order valence-electron chi connectivity index (χ3n) is 8.26. The number of amides is 2. The van der Waals surface area contributed by atoms with Gasteiger partial charge in [-0.25, -0.2) is 10.2 Å². The second-order valence-electron chi connectivity index (χ2n) is 11.8. The molecule has 13 heteroatoms. The van der Waals surface area contributed by atoms with Gasteiger partial charge in [0.1, 0.15) is 0 Å². The zero-order valence-corrected chi connectivity index (χ0v) is 27.8. The molecular weight excluding hydrogens is 632 g/mol. The molecule has 2 amide bonds. The van der Waals surface area contributed by atoms with Gasteiger partial charge in [-0.2, -0.15) is 0 Å². The second kappa shape index (κ2) is 17.9. The van der Waals surface area contributed by atoms with Gasteiger partial charge >= 0.3 is 0 Å². The molecule has 1 fully saturated rings. The molecular formula is C35H42N6O6S. The second-order valence-corrected chi connectivity index (χ2v) is 12.7. The number of aromatic nitrogens is 4. The largest absolute Gasteiger partial charge is 0.392 e. The highest BCUT2D eigenvalue weighted by Gasteiger charge is 2.32. The first-order valence-electron chi connectivity index (χ1n) is 16.2. The first-order valence-corrected chi connectivity index (χ1v) is 17.2. The molecule has 0 radical (unpaired) electrons. The zero-order chi connectivity index (χ0) is 33.7. The normalized spacial score (nSPS) is 17.6. The Labute approximate surface area is 284 Å². The zero-order valence-electron chi connectivity index (χ0n) is 27.0. The van der Waals surface area contributed by atoms with E-state index >= 15 is 0 Å². The summed E-state index contributed by atoms with van der Waals surface area (Å²) in [4.78, 5) is 23.6. The van der Waals surface area contributed by atoms with Crippen LogP contribution < -0.4 is 10.8 Å². The number of aliphatic hydroxyl groups excluding tert-OH is 1. The summed E-state index contributed by atoms with van der Waals surface area (Å²) in [6.07, 6.45) is 3.56. The lowest BCUT2D eigenvalue weighted by atomic mass is 9.97. The van der Waals surface area contributed by atoms with Crippen LogP contribution in [0.3, 0.4) is 0 Å². The van der Waals surface area contributed by atoms with Crippen molar-refractivity contribution in [2.24, 2.45) is 7.05 Å². The van der Waals surface area contributed by atoms with E-state index in [1.807, 2.05) is 67.7 Å². The van der Waals surface area contributed by atoms with E-state index in [2.05, 4.69) is 33.0 Å². The van der Waals surface area contributed by atoms with Crippen molar-refractivity contribution >= 4 is 23.6 Å². The molecule has 1 aliphatic heterocycles. The molecule has 0 unspecified atom stereocenters. The van der Waals surface area contributed by atoms with E-state index < -0.39 is 6.29 Å².